The van der Waals surface area contributed by atoms with Crippen LogP contribution in [0.15, 0.2) is 24.3 Å². The van der Waals surface area contributed by atoms with Crippen LogP contribution in [0.2, 0.25) is 0 Å². The lowest BCUT2D eigenvalue weighted by Gasteiger charge is -2.18. The summed E-state index contributed by atoms with van der Waals surface area (Å²) in [5.41, 5.74) is 6.77. The minimum absolute atomic E-state index is 0.0400. The predicted molar refractivity (Wildman–Crippen MR) is 53.5 cm³/mol. The number of nitrogens with two attached hydrogens (primary N) is 1. The zero-order valence-corrected chi connectivity index (χ0v) is 8.51. The Kier molecular flexibility index (Phi) is 3.74. The van der Waals surface area contributed by atoms with E-state index in [1.165, 1.54) is 0 Å². The van der Waals surface area contributed by atoms with Gasteiger partial charge in [0, 0.05) is 6.54 Å². The van der Waals surface area contributed by atoms with Crippen molar-refractivity contribution in [3.05, 3.63) is 35.4 Å². The van der Waals surface area contributed by atoms with Gasteiger partial charge in [0.15, 0.2) is 0 Å². The molecule has 84 valence electrons. The molecule has 1 nitrogen and oxygen atoms in total. The van der Waals surface area contributed by atoms with E-state index >= 15 is 0 Å². The largest absolute Gasteiger partial charge is 0.393 e. The van der Waals surface area contributed by atoms with Crippen LogP contribution < -0.4 is 5.73 Å². The van der Waals surface area contributed by atoms with Crippen LogP contribution in [0.1, 0.15) is 11.1 Å². The Hall–Kier alpha value is -1.03. The summed E-state index contributed by atoms with van der Waals surface area (Å²) in [5, 5.41) is 0. The second-order valence-electron chi connectivity index (χ2n) is 3.67. The van der Waals surface area contributed by atoms with E-state index in [4.69, 9.17) is 5.73 Å². The quantitative estimate of drug-likeness (QED) is 0.827. The molecule has 2 N–H and O–H groups in total. The highest BCUT2D eigenvalue weighted by Gasteiger charge is 2.38. The summed E-state index contributed by atoms with van der Waals surface area (Å²) < 4.78 is 37.3. The molecule has 1 unspecified atom stereocenters. The van der Waals surface area contributed by atoms with Crippen LogP contribution >= 0.6 is 0 Å². The van der Waals surface area contributed by atoms with E-state index in [2.05, 4.69) is 0 Å². The Morgan fingerprint density at radius 1 is 1.33 bits per heavy atom. The maximum atomic E-state index is 12.4. The highest BCUT2D eigenvalue weighted by atomic mass is 19.4. The fourth-order valence-corrected chi connectivity index (χ4v) is 1.46. The molecule has 0 aromatic heterocycles. The van der Waals surface area contributed by atoms with Gasteiger partial charge < -0.3 is 5.73 Å². The third-order valence-corrected chi connectivity index (χ3v) is 2.31. The Morgan fingerprint density at radius 2 is 2.00 bits per heavy atom. The van der Waals surface area contributed by atoms with Gasteiger partial charge in [-0.2, -0.15) is 13.2 Å². The van der Waals surface area contributed by atoms with Gasteiger partial charge in [-0.15, -0.1) is 0 Å². The monoisotopic (exact) mass is 217 g/mol. The summed E-state index contributed by atoms with van der Waals surface area (Å²) in [6, 6.07) is 7.07. The molecular weight excluding hydrogens is 203 g/mol. The molecule has 0 aliphatic rings. The first kappa shape index (κ1) is 12.0. The molecule has 0 spiro atoms. The number of aryl methyl sites for hydroxylation is 1. The minimum Gasteiger partial charge on any atom is -0.330 e. The molecule has 0 saturated carbocycles. The van der Waals surface area contributed by atoms with Crippen LogP contribution in [0.3, 0.4) is 0 Å². The topological polar surface area (TPSA) is 26.0 Å². The predicted octanol–water partition coefficient (Wildman–Crippen LogP) is 2.67. The van der Waals surface area contributed by atoms with E-state index in [9.17, 15) is 13.2 Å². The summed E-state index contributed by atoms with van der Waals surface area (Å²) in [4.78, 5) is 0. The van der Waals surface area contributed by atoms with Crippen LogP contribution in [-0.4, -0.2) is 12.7 Å². The molecule has 0 heterocycles. The van der Waals surface area contributed by atoms with Crippen molar-refractivity contribution in [1.29, 1.82) is 0 Å². The van der Waals surface area contributed by atoms with Gasteiger partial charge in [0.25, 0.3) is 0 Å². The number of halogens is 3. The Labute approximate surface area is 87.1 Å². The second kappa shape index (κ2) is 4.66. The molecule has 1 atom stereocenters. The standard InChI is InChI=1S/C11H14F3N/c1-8-3-2-4-9(5-8)6-10(7-15)11(12,13)14/h2-5,10H,6-7,15H2,1H3. The van der Waals surface area contributed by atoms with Crippen molar-refractivity contribution < 1.29 is 13.2 Å². The summed E-state index contributed by atoms with van der Waals surface area (Å²) in [6.07, 6.45) is -4.25. The summed E-state index contributed by atoms with van der Waals surface area (Å²) in [5.74, 6) is -1.45. The fourth-order valence-electron chi connectivity index (χ4n) is 1.46. The lowest BCUT2D eigenvalue weighted by atomic mass is 9.98. The molecular formula is C11H14F3N. The zero-order chi connectivity index (χ0) is 11.5. The van der Waals surface area contributed by atoms with Gasteiger partial charge in [0.05, 0.1) is 5.92 Å². The molecule has 1 rings (SSSR count). The Morgan fingerprint density at radius 3 is 2.47 bits per heavy atom. The fraction of sp³-hybridized carbons (Fsp3) is 0.455. The van der Waals surface area contributed by atoms with Crippen molar-refractivity contribution in [2.24, 2.45) is 11.7 Å². The first-order valence-electron chi connectivity index (χ1n) is 4.76. The van der Waals surface area contributed by atoms with Gasteiger partial charge in [-0.25, -0.2) is 0 Å². The summed E-state index contributed by atoms with van der Waals surface area (Å²) in [6.45, 7) is 1.49. The molecule has 1 aromatic rings. The van der Waals surface area contributed by atoms with Crippen LogP contribution in [0, 0.1) is 12.8 Å². The van der Waals surface area contributed by atoms with Crippen LogP contribution in [0.25, 0.3) is 0 Å². The normalized spacial score (nSPS) is 13.9. The maximum absolute atomic E-state index is 12.4. The highest BCUT2D eigenvalue weighted by molar-refractivity contribution is 5.22. The third kappa shape index (κ3) is 3.55. The van der Waals surface area contributed by atoms with Crippen LogP contribution in [0.4, 0.5) is 13.2 Å². The molecule has 0 amide bonds. The van der Waals surface area contributed by atoms with Gasteiger partial charge in [-0.3, -0.25) is 0 Å². The first-order valence-corrected chi connectivity index (χ1v) is 4.76. The number of rotatable bonds is 3. The van der Waals surface area contributed by atoms with Crippen molar-refractivity contribution in [2.45, 2.75) is 19.5 Å². The van der Waals surface area contributed by atoms with Gasteiger partial charge in [-0.05, 0) is 18.9 Å². The molecule has 4 heteroatoms. The summed E-state index contributed by atoms with van der Waals surface area (Å²) >= 11 is 0. The van der Waals surface area contributed by atoms with E-state index in [1.54, 1.807) is 18.2 Å². The molecule has 1 aromatic carbocycles. The van der Waals surface area contributed by atoms with Gasteiger partial charge >= 0.3 is 6.18 Å². The molecule has 0 aliphatic heterocycles. The van der Waals surface area contributed by atoms with Crippen molar-refractivity contribution in [3.63, 3.8) is 0 Å². The highest BCUT2D eigenvalue weighted by Crippen LogP contribution is 2.28. The minimum atomic E-state index is -4.21. The van der Waals surface area contributed by atoms with Crippen molar-refractivity contribution in [3.8, 4) is 0 Å². The van der Waals surface area contributed by atoms with E-state index in [0.717, 1.165) is 5.56 Å². The van der Waals surface area contributed by atoms with E-state index < -0.39 is 12.1 Å². The molecule has 0 fully saturated rings. The van der Waals surface area contributed by atoms with Gasteiger partial charge in [0.1, 0.15) is 0 Å². The zero-order valence-electron chi connectivity index (χ0n) is 8.51. The SMILES string of the molecule is Cc1cccc(CC(CN)C(F)(F)F)c1. The first-order chi connectivity index (χ1) is 6.93. The van der Waals surface area contributed by atoms with Gasteiger partial charge in [0.2, 0.25) is 0 Å². The number of hydrogen-bond acceptors (Lipinski definition) is 1. The Bertz CT molecular complexity index is 320. The lowest BCUT2D eigenvalue weighted by Crippen LogP contribution is -2.31. The molecule has 0 saturated heterocycles. The molecule has 0 bridgehead atoms. The Balaban J connectivity index is 2.76. The average molecular weight is 217 g/mol. The average Bonchev–Trinajstić information content (AvgIpc) is 2.12. The number of alkyl halides is 3. The maximum Gasteiger partial charge on any atom is 0.393 e. The lowest BCUT2D eigenvalue weighted by molar-refractivity contribution is -0.171. The molecule has 15 heavy (non-hydrogen) atoms. The summed E-state index contributed by atoms with van der Waals surface area (Å²) in [7, 11) is 0. The van der Waals surface area contributed by atoms with Crippen LogP contribution in [-0.2, 0) is 6.42 Å². The second-order valence-corrected chi connectivity index (χ2v) is 3.67. The number of hydrogen-bond donors (Lipinski definition) is 1. The van der Waals surface area contributed by atoms with Gasteiger partial charge in [-0.1, -0.05) is 29.8 Å². The molecule has 0 aliphatic carbocycles. The molecule has 0 radical (unpaired) electrons. The van der Waals surface area contributed by atoms with E-state index in [0.29, 0.717) is 5.56 Å². The van der Waals surface area contributed by atoms with E-state index in [1.807, 2.05) is 13.0 Å². The van der Waals surface area contributed by atoms with Crippen molar-refractivity contribution in [1.82, 2.24) is 0 Å². The van der Waals surface area contributed by atoms with E-state index in [-0.39, 0.29) is 13.0 Å². The van der Waals surface area contributed by atoms with Crippen molar-refractivity contribution in [2.75, 3.05) is 6.54 Å². The third-order valence-electron chi connectivity index (χ3n) is 2.31. The van der Waals surface area contributed by atoms with Crippen molar-refractivity contribution >= 4 is 0 Å². The smallest absolute Gasteiger partial charge is 0.330 e. The van der Waals surface area contributed by atoms with Crippen LogP contribution in [0.5, 0.6) is 0 Å². The number of benzene rings is 1.